The normalized spacial score (nSPS) is 12.3. The van der Waals surface area contributed by atoms with E-state index in [1.165, 1.54) is 53.1 Å². The van der Waals surface area contributed by atoms with Crippen molar-refractivity contribution in [2.75, 3.05) is 4.90 Å². The van der Waals surface area contributed by atoms with E-state index in [-0.39, 0.29) is 10.8 Å². The summed E-state index contributed by atoms with van der Waals surface area (Å²) in [6, 6.07) is 64.4. The monoisotopic (exact) mass is 818 g/mol. The first kappa shape index (κ1) is 37.8. The summed E-state index contributed by atoms with van der Waals surface area (Å²) in [7, 11) is 0. The first-order chi connectivity index (χ1) is 29.9. The number of nitrogens with zero attached hydrogens (tertiary/aromatic N) is 4. The fourth-order valence-electron chi connectivity index (χ4n) is 9.36. The van der Waals surface area contributed by atoms with E-state index in [0.29, 0.717) is 5.56 Å². The Bertz CT molecular complexity index is 3530. The van der Waals surface area contributed by atoms with Crippen molar-refractivity contribution in [2.45, 2.75) is 52.4 Å². The molecule has 11 aromatic rings. The van der Waals surface area contributed by atoms with Gasteiger partial charge < -0.3 is 14.0 Å². The molecule has 0 atom stereocenters. The van der Waals surface area contributed by atoms with Crippen molar-refractivity contribution in [1.29, 1.82) is 5.26 Å². The van der Waals surface area contributed by atoms with Gasteiger partial charge in [-0.3, -0.25) is 0 Å². The van der Waals surface area contributed by atoms with Crippen molar-refractivity contribution in [3.05, 3.63) is 187 Å². The van der Waals surface area contributed by atoms with Crippen LogP contribution < -0.4 is 4.90 Å². The first-order valence-corrected chi connectivity index (χ1v) is 22.2. The lowest BCUT2D eigenvalue weighted by atomic mass is 9.85. The van der Waals surface area contributed by atoms with Gasteiger partial charge in [-0.25, -0.2) is 0 Å². The zero-order valence-corrected chi connectivity index (χ0v) is 36.7. The van der Waals surface area contributed by atoms with Gasteiger partial charge >= 0.3 is 0 Å². The molecule has 11 rings (SSSR count). The van der Waals surface area contributed by atoms with E-state index in [9.17, 15) is 5.26 Å². The predicted octanol–water partition coefficient (Wildman–Crippen LogP) is 16.2. The third-order valence-electron chi connectivity index (χ3n) is 12.6. The SMILES string of the molecule is CC(C)(C)c1ccc2c(c1)c1cc(C(C)(C)C)ccc1n2-c1ccc(N(c2ccc(-n3c4ccccc4c4cc(C#N)ccc43)cc2)c2ccc3sc4ccccc4c3c2)cc1. The molecule has 0 aliphatic heterocycles. The van der Waals surface area contributed by atoms with E-state index in [0.717, 1.165) is 50.2 Å². The van der Waals surface area contributed by atoms with Crippen molar-refractivity contribution in [3.8, 4) is 17.4 Å². The summed E-state index contributed by atoms with van der Waals surface area (Å²) in [6.07, 6.45) is 0. The molecule has 300 valence electrons. The molecule has 0 amide bonds. The van der Waals surface area contributed by atoms with Crippen molar-refractivity contribution < 1.29 is 0 Å². The first-order valence-electron chi connectivity index (χ1n) is 21.4. The minimum atomic E-state index is 0.0391. The van der Waals surface area contributed by atoms with Crippen LogP contribution in [0, 0.1) is 11.3 Å². The van der Waals surface area contributed by atoms with Gasteiger partial charge in [0.1, 0.15) is 0 Å². The van der Waals surface area contributed by atoms with E-state index in [4.69, 9.17) is 0 Å². The molecule has 0 bridgehead atoms. The van der Waals surface area contributed by atoms with E-state index in [2.05, 4.69) is 219 Å². The summed E-state index contributed by atoms with van der Waals surface area (Å²) in [5.74, 6) is 0. The minimum Gasteiger partial charge on any atom is -0.310 e. The lowest BCUT2D eigenvalue weighted by Gasteiger charge is -2.26. The Kier molecular flexibility index (Phi) is 8.52. The number of hydrogen-bond donors (Lipinski definition) is 0. The number of thiophene rings is 1. The number of hydrogen-bond acceptors (Lipinski definition) is 3. The molecule has 0 spiro atoms. The predicted molar refractivity (Wildman–Crippen MR) is 265 cm³/mol. The highest BCUT2D eigenvalue weighted by atomic mass is 32.1. The lowest BCUT2D eigenvalue weighted by Crippen LogP contribution is -2.10. The van der Waals surface area contributed by atoms with Crippen molar-refractivity contribution in [1.82, 2.24) is 9.13 Å². The van der Waals surface area contributed by atoms with E-state index < -0.39 is 0 Å². The number of fused-ring (bicyclic) bond motifs is 9. The molecule has 0 fully saturated rings. The number of aromatic nitrogens is 2. The fraction of sp³-hybridized carbons (Fsp3) is 0.140. The summed E-state index contributed by atoms with van der Waals surface area (Å²) >= 11 is 1.84. The van der Waals surface area contributed by atoms with Gasteiger partial charge in [-0.05, 0) is 143 Å². The molecule has 0 radical (unpaired) electrons. The second-order valence-electron chi connectivity index (χ2n) is 18.6. The van der Waals surface area contributed by atoms with Crippen LogP contribution in [-0.4, -0.2) is 9.13 Å². The van der Waals surface area contributed by atoms with Crippen LogP contribution in [0.25, 0.3) is 75.2 Å². The highest BCUT2D eigenvalue weighted by Crippen LogP contribution is 2.43. The average Bonchev–Trinajstić information content (AvgIpc) is 3.93. The molecular formula is C57H46N4S. The molecule has 62 heavy (non-hydrogen) atoms. The third-order valence-corrected chi connectivity index (χ3v) is 13.8. The Hall–Kier alpha value is -7.13. The minimum absolute atomic E-state index is 0.0391. The molecule has 4 nitrogen and oxygen atoms in total. The van der Waals surface area contributed by atoms with Crippen LogP contribution in [0.2, 0.25) is 0 Å². The molecule has 0 saturated heterocycles. The van der Waals surface area contributed by atoms with E-state index in [1.54, 1.807) is 0 Å². The van der Waals surface area contributed by atoms with Crippen LogP contribution in [0.5, 0.6) is 0 Å². The summed E-state index contributed by atoms with van der Waals surface area (Å²) in [5.41, 5.74) is 13.5. The van der Waals surface area contributed by atoms with Crippen LogP contribution in [0.4, 0.5) is 17.1 Å². The summed E-state index contributed by atoms with van der Waals surface area (Å²) in [5, 5.41) is 17.0. The molecule has 8 aromatic carbocycles. The highest BCUT2D eigenvalue weighted by molar-refractivity contribution is 7.25. The summed E-state index contributed by atoms with van der Waals surface area (Å²) in [4.78, 5) is 2.38. The largest absolute Gasteiger partial charge is 0.310 e. The molecular weight excluding hydrogens is 773 g/mol. The van der Waals surface area contributed by atoms with Crippen molar-refractivity contribution in [2.24, 2.45) is 0 Å². The zero-order chi connectivity index (χ0) is 42.5. The number of rotatable bonds is 5. The Morgan fingerprint density at radius 3 is 1.45 bits per heavy atom. The Balaban J connectivity index is 1.06. The molecule has 5 heteroatoms. The smallest absolute Gasteiger partial charge is 0.0991 e. The van der Waals surface area contributed by atoms with Gasteiger partial charge in [0.2, 0.25) is 0 Å². The molecule has 0 aliphatic rings. The number of anilines is 3. The van der Waals surface area contributed by atoms with Gasteiger partial charge in [-0.1, -0.05) is 90.1 Å². The Labute approximate surface area is 366 Å². The Morgan fingerprint density at radius 1 is 0.419 bits per heavy atom. The van der Waals surface area contributed by atoms with Gasteiger partial charge in [0.25, 0.3) is 0 Å². The number of para-hydroxylation sites is 1. The quantitative estimate of drug-likeness (QED) is 0.173. The lowest BCUT2D eigenvalue weighted by molar-refractivity contribution is 0.590. The van der Waals surface area contributed by atoms with Crippen LogP contribution >= 0.6 is 11.3 Å². The van der Waals surface area contributed by atoms with Gasteiger partial charge in [0.15, 0.2) is 0 Å². The third kappa shape index (κ3) is 6.09. The zero-order valence-electron chi connectivity index (χ0n) is 35.9. The average molecular weight is 819 g/mol. The standard InChI is InChI=1S/C57H46N4S/c1-56(2,3)37-16-28-52-47(32-37)48-33-38(57(4,5)6)17-29-53(48)61(52)42-24-20-40(21-25-42)59(43-26-30-55-49(34-43)45-12-8-10-14-54(45)62-55)39-18-22-41(23-19-39)60-50-13-9-7-11-44(50)46-31-36(35-58)15-27-51(46)60/h7-34H,1-6H3. The number of nitriles is 1. The second-order valence-corrected chi connectivity index (χ2v) is 19.7. The van der Waals surface area contributed by atoms with Gasteiger partial charge in [-0.15, -0.1) is 11.3 Å². The van der Waals surface area contributed by atoms with Gasteiger partial charge in [0.05, 0.1) is 33.7 Å². The van der Waals surface area contributed by atoms with Crippen LogP contribution in [0.15, 0.2) is 170 Å². The molecule has 3 aromatic heterocycles. The molecule has 0 aliphatic carbocycles. The van der Waals surface area contributed by atoms with Crippen LogP contribution in [0.1, 0.15) is 58.2 Å². The second kappa shape index (κ2) is 14.0. The van der Waals surface area contributed by atoms with E-state index >= 15 is 0 Å². The number of benzene rings is 8. The maximum absolute atomic E-state index is 9.71. The fourth-order valence-corrected chi connectivity index (χ4v) is 10.4. The Morgan fingerprint density at radius 2 is 0.887 bits per heavy atom. The summed E-state index contributed by atoms with van der Waals surface area (Å²) in [6.45, 7) is 13.8. The molecule has 3 heterocycles. The van der Waals surface area contributed by atoms with Crippen molar-refractivity contribution >= 4 is 92.2 Å². The topological polar surface area (TPSA) is 36.9 Å². The van der Waals surface area contributed by atoms with Crippen molar-refractivity contribution in [3.63, 3.8) is 0 Å². The molecule has 0 unspecified atom stereocenters. The van der Waals surface area contributed by atoms with Gasteiger partial charge in [-0.2, -0.15) is 5.26 Å². The van der Waals surface area contributed by atoms with Crippen LogP contribution in [0.3, 0.4) is 0 Å². The van der Waals surface area contributed by atoms with Gasteiger partial charge in [0, 0.05) is 70.2 Å². The maximum atomic E-state index is 9.71. The summed E-state index contributed by atoms with van der Waals surface area (Å²) < 4.78 is 7.31. The van der Waals surface area contributed by atoms with E-state index in [1.807, 2.05) is 23.5 Å². The highest BCUT2D eigenvalue weighted by Gasteiger charge is 2.22. The molecule has 0 N–H and O–H groups in total. The maximum Gasteiger partial charge on any atom is 0.0991 e. The van der Waals surface area contributed by atoms with Crippen LogP contribution in [-0.2, 0) is 10.8 Å². The molecule has 0 saturated carbocycles.